The highest BCUT2D eigenvalue weighted by atomic mass is 16.5. The first-order valence-corrected chi connectivity index (χ1v) is 7.95. The lowest BCUT2D eigenvalue weighted by Gasteiger charge is -2.37. The second-order valence-corrected chi connectivity index (χ2v) is 5.54. The molecule has 0 aliphatic carbocycles. The van der Waals surface area contributed by atoms with Gasteiger partial charge in [-0.3, -0.25) is 4.90 Å². The van der Waals surface area contributed by atoms with Crippen molar-refractivity contribution in [3.05, 3.63) is 23.3 Å². The Kier molecular flexibility index (Phi) is 5.88. The van der Waals surface area contributed by atoms with E-state index in [1.54, 1.807) is 14.2 Å². The lowest BCUT2D eigenvalue weighted by Crippen LogP contribution is -2.40. The molecule has 0 fully saturated rings. The predicted octanol–water partition coefficient (Wildman–Crippen LogP) is 2.97. The van der Waals surface area contributed by atoms with E-state index in [1.165, 1.54) is 11.1 Å². The SMILES string of the molecule is CCCN(CCC)[C@H]1CNCc2c(OC)ccc(OC)c21. The van der Waals surface area contributed by atoms with Gasteiger partial charge in [-0.2, -0.15) is 0 Å². The molecule has 21 heavy (non-hydrogen) atoms. The fourth-order valence-corrected chi connectivity index (χ4v) is 3.29. The van der Waals surface area contributed by atoms with Crippen molar-refractivity contribution in [1.29, 1.82) is 0 Å². The zero-order chi connectivity index (χ0) is 15.2. The first kappa shape index (κ1) is 16.1. The van der Waals surface area contributed by atoms with Gasteiger partial charge in [0.25, 0.3) is 0 Å². The van der Waals surface area contributed by atoms with E-state index in [2.05, 4.69) is 24.1 Å². The van der Waals surface area contributed by atoms with Crippen molar-refractivity contribution < 1.29 is 9.47 Å². The number of nitrogens with one attached hydrogen (secondary N) is 1. The highest BCUT2D eigenvalue weighted by molar-refractivity contribution is 5.51. The third-order valence-corrected chi connectivity index (χ3v) is 4.15. The molecule has 4 heteroatoms. The summed E-state index contributed by atoms with van der Waals surface area (Å²) in [7, 11) is 3.49. The van der Waals surface area contributed by atoms with Crippen LogP contribution in [0.2, 0.25) is 0 Å². The minimum absolute atomic E-state index is 0.360. The van der Waals surface area contributed by atoms with E-state index in [-0.39, 0.29) is 0 Å². The Morgan fingerprint density at radius 2 is 1.71 bits per heavy atom. The van der Waals surface area contributed by atoms with E-state index >= 15 is 0 Å². The molecule has 118 valence electrons. The van der Waals surface area contributed by atoms with Crippen LogP contribution < -0.4 is 14.8 Å². The summed E-state index contributed by atoms with van der Waals surface area (Å²) in [6, 6.07) is 4.40. The number of fused-ring (bicyclic) bond motifs is 1. The topological polar surface area (TPSA) is 33.7 Å². The lowest BCUT2D eigenvalue weighted by molar-refractivity contribution is 0.180. The van der Waals surface area contributed by atoms with Crippen LogP contribution in [0, 0.1) is 0 Å². The van der Waals surface area contributed by atoms with Crippen LogP contribution in [-0.2, 0) is 6.54 Å². The standard InChI is InChI=1S/C17H28N2O2/c1-5-9-19(10-6-2)14-12-18-11-13-15(20-3)7-8-16(21-4)17(13)14/h7-8,14,18H,5-6,9-12H2,1-4H3/t14-/m0/s1. The van der Waals surface area contributed by atoms with Crippen LogP contribution in [0.4, 0.5) is 0 Å². The molecular formula is C17H28N2O2. The van der Waals surface area contributed by atoms with Crippen molar-refractivity contribution in [1.82, 2.24) is 10.2 Å². The largest absolute Gasteiger partial charge is 0.496 e. The Labute approximate surface area is 128 Å². The zero-order valence-corrected chi connectivity index (χ0v) is 13.7. The molecule has 0 aromatic heterocycles. The normalized spacial score (nSPS) is 17.7. The van der Waals surface area contributed by atoms with Crippen molar-refractivity contribution >= 4 is 0 Å². The molecule has 0 radical (unpaired) electrons. The van der Waals surface area contributed by atoms with E-state index in [0.29, 0.717) is 6.04 Å². The monoisotopic (exact) mass is 292 g/mol. The molecule has 0 bridgehead atoms. The molecule has 0 saturated heterocycles. The highest BCUT2D eigenvalue weighted by Crippen LogP contribution is 2.39. The third-order valence-electron chi connectivity index (χ3n) is 4.15. The number of hydrogen-bond donors (Lipinski definition) is 1. The van der Waals surface area contributed by atoms with Gasteiger partial charge in [-0.05, 0) is 38.1 Å². The van der Waals surface area contributed by atoms with Crippen LogP contribution in [0.15, 0.2) is 12.1 Å². The Balaban J connectivity index is 2.44. The summed E-state index contributed by atoms with van der Waals surface area (Å²) in [6.45, 7) is 8.51. The van der Waals surface area contributed by atoms with Crippen molar-refractivity contribution in [2.24, 2.45) is 0 Å². The van der Waals surface area contributed by atoms with Gasteiger partial charge in [-0.1, -0.05) is 13.8 Å². The summed E-state index contributed by atoms with van der Waals surface area (Å²) < 4.78 is 11.2. The van der Waals surface area contributed by atoms with Crippen molar-refractivity contribution in [3.8, 4) is 11.5 Å². The average molecular weight is 292 g/mol. The van der Waals surface area contributed by atoms with Crippen molar-refractivity contribution in [2.75, 3.05) is 33.9 Å². The Morgan fingerprint density at radius 1 is 1.10 bits per heavy atom. The smallest absolute Gasteiger partial charge is 0.124 e. The molecule has 0 amide bonds. The van der Waals surface area contributed by atoms with Crippen LogP contribution in [-0.4, -0.2) is 38.8 Å². The van der Waals surface area contributed by atoms with E-state index in [4.69, 9.17) is 9.47 Å². The van der Waals surface area contributed by atoms with E-state index < -0.39 is 0 Å². The first-order valence-electron chi connectivity index (χ1n) is 7.95. The number of methoxy groups -OCH3 is 2. The molecule has 2 rings (SSSR count). The van der Waals surface area contributed by atoms with Gasteiger partial charge in [-0.25, -0.2) is 0 Å². The molecule has 1 aliphatic rings. The fraction of sp³-hybridized carbons (Fsp3) is 0.647. The Bertz CT molecular complexity index is 456. The van der Waals surface area contributed by atoms with Crippen LogP contribution in [0.5, 0.6) is 11.5 Å². The van der Waals surface area contributed by atoms with E-state index in [1.807, 2.05) is 12.1 Å². The maximum Gasteiger partial charge on any atom is 0.124 e. The van der Waals surface area contributed by atoms with Crippen LogP contribution in [0.3, 0.4) is 0 Å². The van der Waals surface area contributed by atoms with Gasteiger partial charge in [0, 0.05) is 24.2 Å². The molecule has 4 nitrogen and oxygen atoms in total. The quantitative estimate of drug-likeness (QED) is 0.838. The predicted molar refractivity (Wildman–Crippen MR) is 86.1 cm³/mol. The van der Waals surface area contributed by atoms with E-state index in [0.717, 1.165) is 50.5 Å². The van der Waals surface area contributed by atoms with Gasteiger partial charge in [0.15, 0.2) is 0 Å². The number of benzene rings is 1. The molecule has 1 N–H and O–H groups in total. The molecular weight excluding hydrogens is 264 g/mol. The van der Waals surface area contributed by atoms with Crippen LogP contribution in [0.25, 0.3) is 0 Å². The van der Waals surface area contributed by atoms with Gasteiger partial charge in [0.2, 0.25) is 0 Å². The van der Waals surface area contributed by atoms with Gasteiger partial charge < -0.3 is 14.8 Å². The summed E-state index contributed by atoms with van der Waals surface area (Å²) in [6.07, 6.45) is 2.33. The number of nitrogens with zero attached hydrogens (tertiary/aromatic N) is 1. The second-order valence-electron chi connectivity index (χ2n) is 5.54. The number of rotatable bonds is 7. The lowest BCUT2D eigenvalue weighted by atomic mass is 9.93. The molecule has 1 aliphatic heterocycles. The molecule has 0 unspecified atom stereocenters. The second kappa shape index (κ2) is 7.66. The zero-order valence-electron chi connectivity index (χ0n) is 13.7. The summed E-state index contributed by atoms with van der Waals surface area (Å²) in [4.78, 5) is 2.56. The number of ether oxygens (including phenoxy) is 2. The summed E-state index contributed by atoms with van der Waals surface area (Å²) >= 11 is 0. The summed E-state index contributed by atoms with van der Waals surface area (Å²) in [5, 5.41) is 3.54. The maximum absolute atomic E-state index is 5.64. The summed E-state index contributed by atoms with van der Waals surface area (Å²) in [5.74, 6) is 1.94. The molecule has 0 spiro atoms. The highest BCUT2D eigenvalue weighted by Gasteiger charge is 2.30. The molecule has 1 aromatic carbocycles. The fourth-order valence-electron chi connectivity index (χ4n) is 3.29. The Hall–Kier alpha value is -1.26. The molecule has 0 saturated carbocycles. The summed E-state index contributed by atoms with van der Waals surface area (Å²) in [5.41, 5.74) is 2.54. The van der Waals surface area contributed by atoms with Gasteiger partial charge in [-0.15, -0.1) is 0 Å². The van der Waals surface area contributed by atoms with Gasteiger partial charge in [0.1, 0.15) is 11.5 Å². The van der Waals surface area contributed by atoms with E-state index in [9.17, 15) is 0 Å². The van der Waals surface area contributed by atoms with Crippen molar-refractivity contribution in [2.45, 2.75) is 39.3 Å². The first-order chi connectivity index (χ1) is 10.3. The maximum atomic E-state index is 5.64. The molecule has 1 aromatic rings. The average Bonchev–Trinajstić information content (AvgIpc) is 2.53. The Morgan fingerprint density at radius 3 is 2.29 bits per heavy atom. The third kappa shape index (κ3) is 3.33. The minimum Gasteiger partial charge on any atom is -0.496 e. The molecule has 1 heterocycles. The van der Waals surface area contributed by atoms with Crippen LogP contribution >= 0.6 is 0 Å². The van der Waals surface area contributed by atoms with Crippen molar-refractivity contribution in [3.63, 3.8) is 0 Å². The molecule has 1 atom stereocenters. The van der Waals surface area contributed by atoms with Crippen LogP contribution in [0.1, 0.15) is 43.9 Å². The van der Waals surface area contributed by atoms with Gasteiger partial charge in [0.05, 0.1) is 20.3 Å². The minimum atomic E-state index is 0.360. The van der Waals surface area contributed by atoms with Gasteiger partial charge >= 0.3 is 0 Å². The number of hydrogen-bond acceptors (Lipinski definition) is 4.